The summed E-state index contributed by atoms with van der Waals surface area (Å²) >= 11 is 5.74. The first-order chi connectivity index (χ1) is 13.3. The van der Waals surface area contributed by atoms with Crippen molar-refractivity contribution < 1.29 is 18.1 Å². The molecule has 0 unspecified atom stereocenters. The first-order valence-electron chi connectivity index (χ1n) is 8.64. The molecule has 148 valence electrons. The number of hydrogen-bond donors (Lipinski definition) is 2. The molecule has 0 radical (unpaired) electrons. The van der Waals surface area contributed by atoms with Gasteiger partial charge in [0.15, 0.2) is 0 Å². The van der Waals surface area contributed by atoms with Gasteiger partial charge in [-0.2, -0.15) is 0 Å². The molecule has 2 N–H and O–H groups in total. The molecule has 0 spiro atoms. The van der Waals surface area contributed by atoms with E-state index in [1.165, 1.54) is 18.2 Å². The van der Waals surface area contributed by atoms with Crippen LogP contribution in [0.15, 0.2) is 47.4 Å². The number of halogens is 1. The summed E-state index contributed by atoms with van der Waals surface area (Å²) in [6, 6.07) is 9.48. The van der Waals surface area contributed by atoms with Crippen molar-refractivity contribution >= 4 is 38.9 Å². The molecule has 0 aliphatic heterocycles. The predicted molar refractivity (Wildman–Crippen MR) is 105 cm³/mol. The second kappa shape index (κ2) is 8.15. The number of carbonyl (C=O) groups is 1. The van der Waals surface area contributed by atoms with Crippen molar-refractivity contribution in [2.75, 3.05) is 4.72 Å². The fraction of sp³-hybridized carbons (Fsp3) is 0.278. The molecule has 2 aromatic carbocycles. The van der Waals surface area contributed by atoms with E-state index in [1.807, 2.05) is 0 Å². The summed E-state index contributed by atoms with van der Waals surface area (Å²) in [4.78, 5) is 22.5. The molecule has 0 atom stereocenters. The third kappa shape index (κ3) is 4.42. The number of benzene rings is 2. The Bertz CT molecular complexity index is 1020. The second-order valence-electron chi connectivity index (χ2n) is 6.48. The highest BCUT2D eigenvalue weighted by molar-refractivity contribution is 7.92. The van der Waals surface area contributed by atoms with Gasteiger partial charge in [0.1, 0.15) is 5.02 Å². The summed E-state index contributed by atoms with van der Waals surface area (Å²) in [5.41, 5.74) is -0.242. The zero-order valence-corrected chi connectivity index (χ0v) is 16.3. The SMILES string of the molecule is O=C(NC1CCCC1)c1ccccc1NS(=O)(=O)c1ccc(Cl)c([N+](=O)[O-])c1. The minimum absolute atomic E-state index is 0.0797. The summed E-state index contributed by atoms with van der Waals surface area (Å²) in [5.74, 6) is -0.368. The Kier molecular flexibility index (Phi) is 5.85. The van der Waals surface area contributed by atoms with Crippen LogP contribution < -0.4 is 10.0 Å². The van der Waals surface area contributed by atoms with Crippen molar-refractivity contribution in [3.63, 3.8) is 0 Å². The Morgan fingerprint density at radius 3 is 2.50 bits per heavy atom. The van der Waals surface area contributed by atoms with E-state index in [0.717, 1.165) is 37.8 Å². The lowest BCUT2D eigenvalue weighted by atomic mass is 10.1. The number of sulfonamides is 1. The standard InChI is InChI=1S/C18H18ClN3O5S/c19-15-10-9-13(11-17(15)22(24)25)28(26,27)21-16-8-4-3-7-14(16)18(23)20-12-5-1-2-6-12/h3-4,7-12,21H,1-2,5-6H2,(H,20,23). The Labute approximate surface area is 167 Å². The molecule has 0 heterocycles. The quantitative estimate of drug-likeness (QED) is 0.542. The molecule has 1 saturated carbocycles. The monoisotopic (exact) mass is 423 g/mol. The van der Waals surface area contributed by atoms with Gasteiger partial charge in [-0.3, -0.25) is 19.6 Å². The van der Waals surface area contributed by atoms with Crippen molar-refractivity contribution in [3.05, 3.63) is 63.2 Å². The lowest BCUT2D eigenvalue weighted by molar-refractivity contribution is -0.384. The molecular weight excluding hydrogens is 406 g/mol. The van der Waals surface area contributed by atoms with Crippen LogP contribution in [0.2, 0.25) is 5.02 Å². The highest BCUT2D eigenvalue weighted by Gasteiger charge is 2.24. The Hall–Kier alpha value is -2.65. The molecule has 2 aromatic rings. The summed E-state index contributed by atoms with van der Waals surface area (Å²) in [6.45, 7) is 0. The van der Waals surface area contributed by atoms with E-state index in [4.69, 9.17) is 11.6 Å². The molecule has 8 nitrogen and oxygen atoms in total. The number of nitro groups is 1. The zero-order valence-electron chi connectivity index (χ0n) is 14.7. The average molecular weight is 424 g/mol. The van der Waals surface area contributed by atoms with E-state index >= 15 is 0 Å². The van der Waals surface area contributed by atoms with Crippen molar-refractivity contribution in [3.8, 4) is 0 Å². The van der Waals surface area contributed by atoms with Gasteiger partial charge in [-0.05, 0) is 37.1 Å². The fourth-order valence-corrected chi connectivity index (χ4v) is 4.39. The molecule has 1 aliphatic carbocycles. The molecule has 0 saturated heterocycles. The van der Waals surface area contributed by atoms with Gasteiger partial charge in [0.2, 0.25) is 0 Å². The smallest absolute Gasteiger partial charge is 0.289 e. The lowest BCUT2D eigenvalue weighted by Crippen LogP contribution is -2.33. The number of nitrogens with one attached hydrogen (secondary N) is 2. The number of nitro benzene ring substituents is 1. The van der Waals surface area contributed by atoms with Crippen LogP contribution in [0.5, 0.6) is 0 Å². The van der Waals surface area contributed by atoms with Crippen molar-refractivity contribution in [2.45, 2.75) is 36.6 Å². The summed E-state index contributed by atoms with van der Waals surface area (Å²) in [5, 5.41) is 13.8. The van der Waals surface area contributed by atoms with Gasteiger partial charge in [-0.1, -0.05) is 36.6 Å². The molecule has 28 heavy (non-hydrogen) atoms. The van der Waals surface area contributed by atoms with Gasteiger partial charge in [-0.25, -0.2) is 8.42 Å². The van der Waals surface area contributed by atoms with Crippen LogP contribution in [-0.2, 0) is 10.0 Å². The van der Waals surface area contributed by atoms with Crippen molar-refractivity contribution in [1.82, 2.24) is 5.32 Å². The minimum atomic E-state index is -4.16. The van der Waals surface area contributed by atoms with Gasteiger partial charge >= 0.3 is 0 Å². The third-order valence-corrected chi connectivity index (χ3v) is 6.21. The highest BCUT2D eigenvalue weighted by Crippen LogP contribution is 2.29. The van der Waals surface area contributed by atoms with Gasteiger partial charge in [0, 0.05) is 12.1 Å². The summed E-state index contributed by atoms with van der Waals surface area (Å²) < 4.78 is 27.7. The number of carbonyl (C=O) groups excluding carboxylic acids is 1. The van der Waals surface area contributed by atoms with Crippen LogP contribution in [-0.4, -0.2) is 25.3 Å². The van der Waals surface area contributed by atoms with E-state index in [9.17, 15) is 23.3 Å². The van der Waals surface area contributed by atoms with Crippen LogP contribution >= 0.6 is 11.6 Å². The number of rotatable bonds is 6. The van der Waals surface area contributed by atoms with Crippen molar-refractivity contribution in [2.24, 2.45) is 0 Å². The molecule has 1 amide bonds. The second-order valence-corrected chi connectivity index (χ2v) is 8.57. The minimum Gasteiger partial charge on any atom is -0.349 e. The maximum Gasteiger partial charge on any atom is 0.289 e. The number of nitrogens with zero attached hydrogens (tertiary/aromatic N) is 1. The molecular formula is C18H18ClN3O5S. The molecule has 1 aliphatic rings. The van der Waals surface area contributed by atoms with E-state index in [0.29, 0.717) is 0 Å². The topological polar surface area (TPSA) is 118 Å². The first kappa shape index (κ1) is 20.1. The molecule has 1 fully saturated rings. The van der Waals surface area contributed by atoms with E-state index in [2.05, 4.69) is 10.0 Å². The van der Waals surface area contributed by atoms with Gasteiger partial charge < -0.3 is 5.32 Å². The van der Waals surface area contributed by atoms with Crippen molar-refractivity contribution in [1.29, 1.82) is 0 Å². The van der Waals surface area contributed by atoms with Crippen LogP contribution in [0.3, 0.4) is 0 Å². The Morgan fingerprint density at radius 2 is 1.82 bits per heavy atom. The van der Waals surface area contributed by atoms with Gasteiger partial charge in [0.05, 0.1) is 21.1 Å². The average Bonchev–Trinajstić information content (AvgIpc) is 3.14. The van der Waals surface area contributed by atoms with Gasteiger partial charge in [-0.15, -0.1) is 0 Å². The van der Waals surface area contributed by atoms with E-state index < -0.39 is 20.6 Å². The van der Waals surface area contributed by atoms with Crippen LogP contribution in [0.25, 0.3) is 0 Å². The number of anilines is 1. The number of para-hydroxylation sites is 1. The molecule has 0 aromatic heterocycles. The fourth-order valence-electron chi connectivity index (χ4n) is 3.11. The predicted octanol–water partition coefficient (Wildman–Crippen LogP) is 3.72. The maximum absolute atomic E-state index is 12.7. The molecule has 0 bridgehead atoms. The first-order valence-corrected chi connectivity index (χ1v) is 10.5. The largest absolute Gasteiger partial charge is 0.349 e. The lowest BCUT2D eigenvalue weighted by Gasteiger charge is -2.15. The van der Waals surface area contributed by atoms with Crippen LogP contribution in [0, 0.1) is 10.1 Å². The molecule has 10 heteroatoms. The maximum atomic E-state index is 12.7. The van der Waals surface area contributed by atoms with Crippen LogP contribution in [0.1, 0.15) is 36.0 Å². The normalized spacial score (nSPS) is 14.6. The Balaban J connectivity index is 1.88. The number of hydrogen-bond acceptors (Lipinski definition) is 5. The number of amides is 1. The van der Waals surface area contributed by atoms with E-state index in [1.54, 1.807) is 12.1 Å². The highest BCUT2D eigenvalue weighted by atomic mass is 35.5. The summed E-state index contributed by atoms with van der Waals surface area (Å²) in [6.07, 6.45) is 3.89. The van der Waals surface area contributed by atoms with Gasteiger partial charge in [0.25, 0.3) is 21.6 Å². The van der Waals surface area contributed by atoms with E-state index in [-0.39, 0.29) is 33.1 Å². The third-order valence-electron chi connectivity index (χ3n) is 4.53. The van der Waals surface area contributed by atoms with Crippen LogP contribution in [0.4, 0.5) is 11.4 Å². The summed E-state index contributed by atoms with van der Waals surface area (Å²) in [7, 11) is -4.16. The molecule has 3 rings (SSSR count). The Morgan fingerprint density at radius 1 is 1.14 bits per heavy atom. The zero-order chi connectivity index (χ0) is 20.3.